The number of hydrogen-bond acceptors (Lipinski definition) is 2. The molecule has 0 bridgehead atoms. The van der Waals surface area contributed by atoms with Gasteiger partial charge in [-0.05, 0) is 30.9 Å². The van der Waals surface area contributed by atoms with Crippen LogP contribution in [0.15, 0.2) is 24.3 Å². The van der Waals surface area contributed by atoms with Crippen molar-refractivity contribution in [2.45, 2.75) is 19.4 Å². The van der Waals surface area contributed by atoms with Crippen LogP contribution in [0.25, 0.3) is 0 Å². The Hall–Kier alpha value is -0.210. The molecule has 0 saturated heterocycles. The zero-order valence-corrected chi connectivity index (χ0v) is 8.16. The molecule has 1 atom stereocenters. The fourth-order valence-electron chi connectivity index (χ4n) is 0.768. The van der Waals surface area contributed by atoms with Gasteiger partial charge in [0.2, 0.25) is 0 Å². The highest BCUT2D eigenvalue weighted by Gasteiger charge is 2.02. The van der Waals surface area contributed by atoms with Gasteiger partial charge in [-0.25, -0.2) is 0 Å². The number of allylic oxidation sites excluding steroid dienone is 1. The van der Waals surface area contributed by atoms with Crippen molar-refractivity contribution in [3.63, 3.8) is 0 Å². The molecule has 0 unspecified atom stereocenters. The van der Waals surface area contributed by atoms with Gasteiger partial charge in [0.25, 0.3) is 0 Å². The maximum absolute atomic E-state index is 5.83. The van der Waals surface area contributed by atoms with Crippen LogP contribution in [0.5, 0.6) is 0 Å². The smallest absolute Gasteiger partial charge is 0.0296 e. The minimum atomic E-state index is 0.138. The molecule has 0 aliphatic carbocycles. The number of hydrogen-bond donors (Lipinski definition) is 1. The average Bonchev–Trinajstić information content (AvgIpc) is 2.00. The lowest BCUT2D eigenvalue weighted by Crippen LogP contribution is -2.21. The van der Waals surface area contributed by atoms with E-state index in [0.29, 0.717) is 0 Å². The second kappa shape index (κ2) is 6.50. The van der Waals surface area contributed by atoms with Gasteiger partial charge in [0, 0.05) is 6.04 Å². The Morgan fingerprint density at radius 1 is 1.73 bits per heavy atom. The van der Waals surface area contributed by atoms with Gasteiger partial charge >= 0.3 is 0 Å². The third-order valence-electron chi connectivity index (χ3n) is 1.49. The van der Waals surface area contributed by atoms with E-state index in [1.807, 2.05) is 30.8 Å². The van der Waals surface area contributed by atoms with Gasteiger partial charge in [0.05, 0.1) is 0 Å². The molecule has 0 heterocycles. The lowest BCUT2D eigenvalue weighted by Gasteiger charge is -2.09. The molecule has 0 aliphatic rings. The topological polar surface area (TPSA) is 26.0 Å². The Bertz CT molecular complexity index is 140. The molecule has 2 N–H and O–H groups in total. The summed E-state index contributed by atoms with van der Waals surface area (Å²) in [5.74, 6) is 1.11. The Morgan fingerprint density at radius 3 is 2.82 bits per heavy atom. The molecule has 0 aromatic heterocycles. The first-order valence-electron chi connectivity index (χ1n) is 3.78. The van der Waals surface area contributed by atoms with Crippen LogP contribution in [0, 0.1) is 0 Å². The van der Waals surface area contributed by atoms with Gasteiger partial charge in [0.1, 0.15) is 0 Å². The van der Waals surface area contributed by atoms with E-state index in [1.165, 1.54) is 0 Å². The molecule has 0 amide bonds. The Morgan fingerprint density at radius 2 is 2.36 bits per heavy atom. The van der Waals surface area contributed by atoms with Crippen LogP contribution in [0.4, 0.5) is 0 Å². The van der Waals surface area contributed by atoms with E-state index in [0.717, 1.165) is 17.7 Å². The lowest BCUT2D eigenvalue weighted by molar-refractivity contribution is 0.765. The van der Waals surface area contributed by atoms with E-state index in [4.69, 9.17) is 5.73 Å². The summed E-state index contributed by atoms with van der Waals surface area (Å²) in [6.45, 7) is 5.85. The minimum Gasteiger partial charge on any atom is -0.324 e. The summed E-state index contributed by atoms with van der Waals surface area (Å²) < 4.78 is 0. The van der Waals surface area contributed by atoms with Crippen molar-refractivity contribution in [2.75, 3.05) is 12.0 Å². The fourth-order valence-corrected chi connectivity index (χ4v) is 1.26. The van der Waals surface area contributed by atoms with Crippen LogP contribution in [0.3, 0.4) is 0 Å². The first-order valence-corrected chi connectivity index (χ1v) is 5.17. The number of thioether (sulfide) groups is 1. The van der Waals surface area contributed by atoms with Gasteiger partial charge in [-0.1, -0.05) is 18.7 Å². The molecule has 0 aromatic carbocycles. The third-order valence-corrected chi connectivity index (χ3v) is 2.13. The summed E-state index contributed by atoms with van der Waals surface area (Å²) in [5.41, 5.74) is 6.85. The van der Waals surface area contributed by atoms with Crippen molar-refractivity contribution in [1.29, 1.82) is 0 Å². The summed E-state index contributed by atoms with van der Waals surface area (Å²) >= 11 is 1.82. The molecule has 0 saturated carbocycles. The molecular formula is C9H17NS. The Kier molecular flexibility index (Phi) is 6.37. The van der Waals surface area contributed by atoms with Gasteiger partial charge in [-0.15, -0.1) is 0 Å². The standard InChI is InChI=1S/C9H17NS/c1-4-5-8(2)9(10)6-7-11-3/h4-5,9H,2,6-7,10H2,1,3H3/b5-4-/t9-/m0/s1. The highest BCUT2D eigenvalue weighted by atomic mass is 32.2. The quantitative estimate of drug-likeness (QED) is 0.642. The van der Waals surface area contributed by atoms with Crippen molar-refractivity contribution in [2.24, 2.45) is 5.73 Å². The molecule has 11 heavy (non-hydrogen) atoms. The fraction of sp³-hybridized carbons (Fsp3) is 0.556. The monoisotopic (exact) mass is 171 g/mol. The van der Waals surface area contributed by atoms with Crippen LogP contribution < -0.4 is 5.73 Å². The highest BCUT2D eigenvalue weighted by Crippen LogP contribution is 2.06. The van der Waals surface area contributed by atoms with Crippen LogP contribution in [0.2, 0.25) is 0 Å². The second-order valence-corrected chi connectivity index (χ2v) is 3.45. The van der Waals surface area contributed by atoms with E-state index in [1.54, 1.807) is 0 Å². The maximum Gasteiger partial charge on any atom is 0.0296 e. The summed E-state index contributed by atoms with van der Waals surface area (Å²) in [6, 6.07) is 0.138. The molecule has 0 spiro atoms. The van der Waals surface area contributed by atoms with E-state index in [2.05, 4.69) is 12.8 Å². The second-order valence-electron chi connectivity index (χ2n) is 2.46. The van der Waals surface area contributed by atoms with E-state index >= 15 is 0 Å². The molecule has 0 radical (unpaired) electrons. The summed E-state index contributed by atoms with van der Waals surface area (Å²) in [6.07, 6.45) is 7.06. The van der Waals surface area contributed by atoms with E-state index < -0.39 is 0 Å². The summed E-state index contributed by atoms with van der Waals surface area (Å²) in [5, 5.41) is 0. The van der Waals surface area contributed by atoms with Crippen LogP contribution in [-0.4, -0.2) is 18.1 Å². The largest absolute Gasteiger partial charge is 0.324 e. The normalized spacial score (nSPS) is 13.7. The molecular weight excluding hydrogens is 154 g/mol. The van der Waals surface area contributed by atoms with Crippen LogP contribution >= 0.6 is 11.8 Å². The first-order chi connectivity index (χ1) is 5.22. The lowest BCUT2D eigenvalue weighted by atomic mass is 10.1. The predicted octanol–water partition coefficient (Wildman–Crippen LogP) is 2.20. The van der Waals surface area contributed by atoms with Crippen molar-refractivity contribution in [1.82, 2.24) is 0 Å². The zero-order chi connectivity index (χ0) is 8.69. The maximum atomic E-state index is 5.83. The van der Waals surface area contributed by atoms with Crippen molar-refractivity contribution in [3.8, 4) is 0 Å². The molecule has 0 aliphatic heterocycles. The summed E-state index contributed by atoms with van der Waals surface area (Å²) in [4.78, 5) is 0. The van der Waals surface area contributed by atoms with Gasteiger partial charge in [-0.3, -0.25) is 0 Å². The Labute approximate surface area is 73.7 Å². The SMILES string of the molecule is C=C(/C=C\C)[C@@H](N)CCSC. The van der Waals surface area contributed by atoms with Crippen molar-refractivity contribution >= 4 is 11.8 Å². The van der Waals surface area contributed by atoms with Gasteiger partial charge in [-0.2, -0.15) is 11.8 Å². The predicted molar refractivity (Wildman–Crippen MR) is 54.9 cm³/mol. The van der Waals surface area contributed by atoms with Crippen molar-refractivity contribution < 1.29 is 0 Å². The van der Waals surface area contributed by atoms with Crippen LogP contribution in [0.1, 0.15) is 13.3 Å². The highest BCUT2D eigenvalue weighted by molar-refractivity contribution is 7.98. The summed E-state index contributed by atoms with van der Waals surface area (Å²) in [7, 11) is 0. The van der Waals surface area contributed by atoms with Crippen molar-refractivity contribution in [3.05, 3.63) is 24.3 Å². The minimum absolute atomic E-state index is 0.138. The van der Waals surface area contributed by atoms with Crippen LogP contribution in [-0.2, 0) is 0 Å². The number of rotatable bonds is 5. The number of nitrogens with two attached hydrogens (primary N) is 1. The van der Waals surface area contributed by atoms with Gasteiger partial charge < -0.3 is 5.73 Å². The Balaban J connectivity index is 3.64. The average molecular weight is 171 g/mol. The van der Waals surface area contributed by atoms with E-state index in [-0.39, 0.29) is 6.04 Å². The zero-order valence-electron chi connectivity index (χ0n) is 7.34. The molecule has 1 nitrogen and oxygen atoms in total. The molecule has 0 fully saturated rings. The molecule has 0 rings (SSSR count). The third kappa shape index (κ3) is 5.10. The van der Waals surface area contributed by atoms with Gasteiger partial charge in [0.15, 0.2) is 0 Å². The van der Waals surface area contributed by atoms with E-state index in [9.17, 15) is 0 Å². The molecule has 0 aromatic rings. The molecule has 64 valence electrons. The first kappa shape index (κ1) is 10.8. The molecule has 2 heteroatoms.